The standard InChI is InChI=1S/C13H17ClN2S/c1-9-4-5-11(10(14)8-9)15-12-16-13(2,3)6-7-17-12/h4-5,8H,6-7H2,1-3H3,(H,15,16). The largest absolute Gasteiger partial charge is 0.334 e. The van der Waals surface area contributed by atoms with E-state index in [1.807, 2.05) is 25.1 Å². The van der Waals surface area contributed by atoms with Gasteiger partial charge in [-0.3, -0.25) is 4.99 Å². The molecule has 0 aromatic heterocycles. The summed E-state index contributed by atoms with van der Waals surface area (Å²) in [6.07, 6.45) is 1.12. The minimum absolute atomic E-state index is 0.0325. The van der Waals surface area contributed by atoms with Crippen LogP contribution in [-0.2, 0) is 0 Å². The zero-order chi connectivity index (χ0) is 12.5. The summed E-state index contributed by atoms with van der Waals surface area (Å²) in [6.45, 7) is 6.35. The van der Waals surface area contributed by atoms with Crippen molar-refractivity contribution in [1.29, 1.82) is 0 Å². The monoisotopic (exact) mass is 268 g/mol. The van der Waals surface area contributed by atoms with Crippen molar-refractivity contribution in [1.82, 2.24) is 0 Å². The summed E-state index contributed by atoms with van der Waals surface area (Å²) in [5.74, 6) is 1.10. The lowest BCUT2D eigenvalue weighted by atomic mass is 10.0. The van der Waals surface area contributed by atoms with Crippen molar-refractivity contribution in [2.24, 2.45) is 4.99 Å². The van der Waals surface area contributed by atoms with Crippen LogP contribution in [0.1, 0.15) is 25.8 Å². The molecule has 1 aromatic carbocycles. The van der Waals surface area contributed by atoms with Gasteiger partial charge < -0.3 is 5.32 Å². The number of anilines is 1. The number of hydrogen-bond donors (Lipinski definition) is 1. The van der Waals surface area contributed by atoms with Crippen molar-refractivity contribution in [2.75, 3.05) is 11.1 Å². The molecule has 0 saturated carbocycles. The van der Waals surface area contributed by atoms with E-state index < -0.39 is 0 Å². The molecular weight excluding hydrogens is 252 g/mol. The molecule has 1 N–H and O–H groups in total. The summed E-state index contributed by atoms with van der Waals surface area (Å²) in [5, 5.41) is 5.02. The number of nitrogens with zero attached hydrogens (tertiary/aromatic N) is 1. The number of halogens is 1. The van der Waals surface area contributed by atoms with E-state index in [-0.39, 0.29) is 5.54 Å². The van der Waals surface area contributed by atoms with Crippen molar-refractivity contribution in [3.63, 3.8) is 0 Å². The van der Waals surface area contributed by atoms with E-state index in [4.69, 9.17) is 11.6 Å². The first-order valence-corrected chi connectivity index (χ1v) is 7.08. The van der Waals surface area contributed by atoms with Crippen LogP contribution in [0.5, 0.6) is 0 Å². The average Bonchev–Trinajstić information content (AvgIpc) is 2.21. The maximum Gasteiger partial charge on any atom is 0.161 e. The number of aliphatic imine (C=N–C) groups is 1. The highest BCUT2D eigenvalue weighted by Crippen LogP contribution is 2.29. The lowest BCUT2D eigenvalue weighted by Crippen LogP contribution is -2.27. The number of thioether (sulfide) groups is 1. The third-order valence-electron chi connectivity index (χ3n) is 2.72. The first-order valence-electron chi connectivity index (χ1n) is 5.72. The number of aryl methyl sites for hydroxylation is 1. The van der Waals surface area contributed by atoms with E-state index >= 15 is 0 Å². The molecule has 2 rings (SSSR count). The lowest BCUT2D eigenvalue weighted by Gasteiger charge is -2.26. The fraction of sp³-hybridized carbons (Fsp3) is 0.462. The van der Waals surface area contributed by atoms with Crippen LogP contribution in [0, 0.1) is 6.92 Å². The van der Waals surface area contributed by atoms with Gasteiger partial charge in [-0.25, -0.2) is 0 Å². The van der Waals surface area contributed by atoms with E-state index in [9.17, 15) is 0 Å². The number of nitrogens with one attached hydrogen (secondary N) is 1. The Morgan fingerprint density at radius 1 is 1.41 bits per heavy atom. The van der Waals surface area contributed by atoms with Gasteiger partial charge in [-0.2, -0.15) is 0 Å². The van der Waals surface area contributed by atoms with Gasteiger partial charge >= 0.3 is 0 Å². The maximum atomic E-state index is 6.19. The summed E-state index contributed by atoms with van der Waals surface area (Å²) in [7, 11) is 0. The van der Waals surface area contributed by atoms with E-state index in [0.717, 1.165) is 28.1 Å². The van der Waals surface area contributed by atoms with Gasteiger partial charge in [-0.15, -0.1) is 0 Å². The number of benzene rings is 1. The Morgan fingerprint density at radius 2 is 2.18 bits per heavy atom. The average molecular weight is 269 g/mol. The molecule has 0 aliphatic carbocycles. The van der Waals surface area contributed by atoms with Crippen LogP contribution in [-0.4, -0.2) is 16.5 Å². The van der Waals surface area contributed by atoms with Crippen molar-refractivity contribution in [2.45, 2.75) is 32.7 Å². The smallest absolute Gasteiger partial charge is 0.161 e. The highest BCUT2D eigenvalue weighted by molar-refractivity contribution is 8.14. The molecule has 0 spiro atoms. The molecule has 1 aliphatic heterocycles. The predicted octanol–water partition coefficient (Wildman–Crippen LogP) is 4.33. The minimum atomic E-state index is 0.0325. The van der Waals surface area contributed by atoms with Crippen LogP contribution in [0.2, 0.25) is 5.02 Å². The van der Waals surface area contributed by atoms with Crippen LogP contribution >= 0.6 is 23.4 Å². The Bertz CT molecular complexity index is 455. The Hall–Kier alpha value is -0.670. The molecule has 1 aliphatic rings. The minimum Gasteiger partial charge on any atom is -0.334 e. The molecule has 2 nitrogen and oxygen atoms in total. The van der Waals surface area contributed by atoms with Crippen molar-refractivity contribution in [3.05, 3.63) is 28.8 Å². The molecule has 17 heavy (non-hydrogen) atoms. The third kappa shape index (κ3) is 3.39. The summed E-state index contributed by atoms with van der Waals surface area (Å²) >= 11 is 7.95. The SMILES string of the molecule is Cc1ccc(NC2=NC(C)(C)CCS2)c(Cl)c1. The van der Waals surface area contributed by atoms with Crippen LogP contribution in [0.4, 0.5) is 5.69 Å². The topological polar surface area (TPSA) is 24.4 Å². The molecule has 1 heterocycles. The molecule has 1 aromatic rings. The van der Waals surface area contributed by atoms with Gasteiger partial charge in [0.2, 0.25) is 0 Å². The second kappa shape index (κ2) is 4.91. The molecule has 0 fully saturated rings. The fourth-order valence-corrected chi connectivity index (χ4v) is 3.23. The van der Waals surface area contributed by atoms with Gasteiger partial charge in [-0.1, -0.05) is 29.4 Å². The van der Waals surface area contributed by atoms with Crippen LogP contribution < -0.4 is 5.32 Å². The van der Waals surface area contributed by atoms with Crippen molar-refractivity contribution in [3.8, 4) is 0 Å². The molecule has 0 amide bonds. The van der Waals surface area contributed by atoms with Gasteiger partial charge in [0, 0.05) is 5.75 Å². The molecule has 92 valence electrons. The highest BCUT2D eigenvalue weighted by atomic mass is 35.5. The molecule has 0 radical (unpaired) electrons. The van der Waals surface area contributed by atoms with Gasteiger partial charge in [0.25, 0.3) is 0 Å². The summed E-state index contributed by atoms with van der Waals surface area (Å²) < 4.78 is 0. The zero-order valence-electron chi connectivity index (χ0n) is 10.4. The Labute approximate surface area is 112 Å². The number of amidine groups is 1. The van der Waals surface area contributed by atoms with Crippen LogP contribution in [0.25, 0.3) is 0 Å². The molecule has 4 heteroatoms. The fourth-order valence-electron chi connectivity index (χ4n) is 1.66. The van der Waals surface area contributed by atoms with Gasteiger partial charge in [-0.05, 0) is 44.9 Å². The normalized spacial score (nSPS) is 18.7. The molecule has 0 atom stereocenters. The highest BCUT2D eigenvalue weighted by Gasteiger charge is 2.22. The first kappa shape index (κ1) is 12.8. The Kier molecular flexibility index (Phi) is 3.69. The predicted molar refractivity (Wildman–Crippen MR) is 78.4 cm³/mol. The van der Waals surface area contributed by atoms with E-state index in [1.54, 1.807) is 11.8 Å². The Balaban J connectivity index is 2.18. The number of rotatable bonds is 1. The second-order valence-electron chi connectivity index (χ2n) is 4.94. The lowest BCUT2D eigenvalue weighted by molar-refractivity contribution is 0.507. The first-order chi connectivity index (χ1) is 7.96. The summed E-state index contributed by atoms with van der Waals surface area (Å²) in [5.41, 5.74) is 2.13. The Morgan fingerprint density at radius 3 is 2.82 bits per heavy atom. The number of hydrogen-bond acceptors (Lipinski definition) is 3. The molecule has 0 saturated heterocycles. The van der Waals surface area contributed by atoms with Crippen molar-refractivity contribution >= 4 is 34.2 Å². The zero-order valence-corrected chi connectivity index (χ0v) is 12.0. The summed E-state index contributed by atoms with van der Waals surface area (Å²) in [4.78, 5) is 4.68. The van der Waals surface area contributed by atoms with E-state index in [2.05, 4.69) is 24.2 Å². The second-order valence-corrected chi connectivity index (χ2v) is 6.43. The van der Waals surface area contributed by atoms with Gasteiger partial charge in [0.05, 0.1) is 16.2 Å². The van der Waals surface area contributed by atoms with Crippen molar-refractivity contribution < 1.29 is 0 Å². The van der Waals surface area contributed by atoms with E-state index in [1.165, 1.54) is 5.56 Å². The maximum absolute atomic E-state index is 6.19. The van der Waals surface area contributed by atoms with Gasteiger partial charge in [0.1, 0.15) is 0 Å². The van der Waals surface area contributed by atoms with E-state index in [0.29, 0.717) is 0 Å². The van der Waals surface area contributed by atoms with Gasteiger partial charge in [0.15, 0.2) is 5.17 Å². The quantitative estimate of drug-likeness (QED) is 0.820. The molecular formula is C13H17ClN2S. The molecule has 0 unspecified atom stereocenters. The van der Waals surface area contributed by atoms with Crippen LogP contribution in [0.3, 0.4) is 0 Å². The van der Waals surface area contributed by atoms with Crippen LogP contribution in [0.15, 0.2) is 23.2 Å². The molecule has 0 bridgehead atoms. The third-order valence-corrected chi connectivity index (χ3v) is 3.91. The summed E-state index contributed by atoms with van der Waals surface area (Å²) in [6, 6.07) is 6.01.